The second kappa shape index (κ2) is 8.57. The van der Waals surface area contributed by atoms with E-state index >= 15 is 0 Å². The molecule has 0 aliphatic carbocycles. The Hall–Kier alpha value is -3.03. The number of carbonyl (C=O) groups is 1. The van der Waals surface area contributed by atoms with Crippen LogP contribution >= 0.6 is 0 Å². The third-order valence-corrected chi connectivity index (χ3v) is 4.22. The highest BCUT2D eigenvalue weighted by Crippen LogP contribution is 2.12. The highest BCUT2D eigenvalue weighted by Gasteiger charge is 2.18. The lowest BCUT2D eigenvalue weighted by molar-refractivity contribution is 0.0897. The first-order chi connectivity index (χ1) is 13.1. The quantitative estimate of drug-likeness (QED) is 0.660. The predicted molar refractivity (Wildman–Crippen MR) is 102 cm³/mol. The Kier molecular flexibility index (Phi) is 5.95. The second-order valence-electron chi connectivity index (χ2n) is 6.04. The highest BCUT2D eigenvalue weighted by atomic mass is 16.5. The van der Waals surface area contributed by atoms with Crippen LogP contribution in [0.5, 0.6) is 0 Å². The molecule has 0 radical (unpaired) electrons. The second-order valence-corrected chi connectivity index (χ2v) is 6.04. The van der Waals surface area contributed by atoms with Crippen molar-refractivity contribution >= 4 is 16.8 Å². The first-order valence-electron chi connectivity index (χ1n) is 8.61. The number of methoxy groups -OCH3 is 1. The van der Waals surface area contributed by atoms with Gasteiger partial charge in [-0.25, -0.2) is 4.98 Å². The fourth-order valence-corrected chi connectivity index (χ4v) is 2.79. The van der Waals surface area contributed by atoms with E-state index in [-0.39, 0.29) is 31.1 Å². The van der Waals surface area contributed by atoms with Crippen LogP contribution in [0.1, 0.15) is 22.3 Å². The van der Waals surface area contributed by atoms with Crippen LogP contribution in [0.15, 0.2) is 59.4 Å². The molecule has 3 aromatic rings. The molecule has 1 unspecified atom stereocenters. The van der Waals surface area contributed by atoms with Crippen LogP contribution in [0.25, 0.3) is 10.9 Å². The molecule has 2 N–H and O–H groups in total. The maximum Gasteiger partial charge on any atom is 0.287 e. The molecule has 0 saturated carbocycles. The maximum absolute atomic E-state index is 12.8. The van der Waals surface area contributed by atoms with Gasteiger partial charge in [0.05, 0.1) is 30.2 Å². The number of nitrogens with one attached hydrogen (secondary N) is 1. The minimum absolute atomic E-state index is 0.00369. The van der Waals surface area contributed by atoms with E-state index in [1.54, 1.807) is 36.4 Å². The van der Waals surface area contributed by atoms with Gasteiger partial charge in [0.2, 0.25) is 5.82 Å². The number of benzene rings is 2. The molecule has 0 bridgehead atoms. The van der Waals surface area contributed by atoms with Crippen LogP contribution in [0.4, 0.5) is 0 Å². The SMILES string of the molecule is COCCn1c(C(=O)NCC(O)c2ccccc2)nc2ccccc2c1=O. The summed E-state index contributed by atoms with van der Waals surface area (Å²) in [4.78, 5) is 29.8. The summed E-state index contributed by atoms with van der Waals surface area (Å²) in [7, 11) is 1.52. The van der Waals surface area contributed by atoms with Crippen LogP contribution in [-0.4, -0.2) is 40.8 Å². The van der Waals surface area contributed by atoms with Gasteiger partial charge in [-0.2, -0.15) is 0 Å². The third-order valence-electron chi connectivity index (χ3n) is 4.22. The predicted octanol–water partition coefficient (Wildman–Crippen LogP) is 1.51. The fraction of sp³-hybridized carbons (Fsp3) is 0.250. The lowest BCUT2D eigenvalue weighted by Gasteiger charge is -2.15. The van der Waals surface area contributed by atoms with Gasteiger partial charge in [-0.1, -0.05) is 42.5 Å². The van der Waals surface area contributed by atoms with Crippen LogP contribution in [0.2, 0.25) is 0 Å². The van der Waals surface area contributed by atoms with Gasteiger partial charge in [-0.3, -0.25) is 14.2 Å². The normalized spacial score (nSPS) is 12.1. The molecule has 1 heterocycles. The molecule has 3 rings (SSSR count). The summed E-state index contributed by atoms with van der Waals surface area (Å²) < 4.78 is 6.35. The van der Waals surface area contributed by atoms with Crippen molar-refractivity contribution in [3.8, 4) is 0 Å². The Morgan fingerprint density at radius 1 is 1.19 bits per heavy atom. The fourth-order valence-electron chi connectivity index (χ4n) is 2.79. The number of hydrogen-bond donors (Lipinski definition) is 2. The van der Waals surface area contributed by atoms with Gasteiger partial charge in [0, 0.05) is 13.7 Å². The molecule has 7 heteroatoms. The molecule has 1 amide bonds. The van der Waals surface area contributed by atoms with E-state index in [2.05, 4.69) is 10.3 Å². The zero-order valence-corrected chi connectivity index (χ0v) is 15.0. The van der Waals surface area contributed by atoms with Crippen molar-refractivity contribution in [2.24, 2.45) is 0 Å². The molecule has 140 valence electrons. The van der Waals surface area contributed by atoms with Gasteiger partial charge in [0.15, 0.2) is 0 Å². The summed E-state index contributed by atoms with van der Waals surface area (Å²) in [6.07, 6.45) is -0.852. The molecule has 0 spiro atoms. The average molecular weight is 367 g/mol. The van der Waals surface area contributed by atoms with E-state index in [9.17, 15) is 14.7 Å². The van der Waals surface area contributed by atoms with Crippen molar-refractivity contribution in [3.05, 3.63) is 76.3 Å². The molecule has 1 atom stereocenters. The van der Waals surface area contributed by atoms with Crippen LogP contribution < -0.4 is 10.9 Å². The van der Waals surface area contributed by atoms with Gasteiger partial charge in [-0.15, -0.1) is 0 Å². The van der Waals surface area contributed by atoms with Gasteiger partial charge in [0.1, 0.15) is 0 Å². The van der Waals surface area contributed by atoms with E-state index < -0.39 is 12.0 Å². The molecule has 0 aliphatic rings. The minimum atomic E-state index is -0.852. The number of aliphatic hydroxyl groups is 1. The largest absolute Gasteiger partial charge is 0.387 e. The number of para-hydroxylation sites is 1. The lowest BCUT2D eigenvalue weighted by Crippen LogP contribution is -2.36. The van der Waals surface area contributed by atoms with Crippen molar-refractivity contribution in [3.63, 3.8) is 0 Å². The summed E-state index contributed by atoms with van der Waals surface area (Å²) in [6, 6.07) is 15.9. The molecular formula is C20H21N3O4. The number of hydrogen-bond acceptors (Lipinski definition) is 5. The van der Waals surface area contributed by atoms with E-state index in [0.29, 0.717) is 16.5 Å². The van der Waals surface area contributed by atoms with Gasteiger partial charge in [-0.05, 0) is 17.7 Å². The third kappa shape index (κ3) is 4.21. The summed E-state index contributed by atoms with van der Waals surface area (Å²) in [5.41, 5.74) is 0.845. The van der Waals surface area contributed by atoms with Crippen LogP contribution in [0.3, 0.4) is 0 Å². The molecule has 1 aromatic heterocycles. The molecule has 27 heavy (non-hydrogen) atoms. The lowest BCUT2D eigenvalue weighted by atomic mass is 10.1. The van der Waals surface area contributed by atoms with Gasteiger partial charge < -0.3 is 15.2 Å². The molecule has 7 nitrogen and oxygen atoms in total. The van der Waals surface area contributed by atoms with E-state index in [0.717, 1.165) is 0 Å². The number of ether oxygens (including phenoxy) is 1. The minimum Gasteiger partial charge on any atom is -0.387 e. The van der Waals surface area contributed by atoms with Crippen molar-refractivity contribution in [1.82, 2.24) is 14.9 Å². The van der Waals surface area contributed by atoms with E-state index in [4.69, 9.17) is 4.74 Å². The topological polar surface area (TPSA) is 93.4 Å². The summed E-state index contributed by atoms with van der Waals surface area (Å²) >= 11 is 0. The number of aliphatic hydroxyl groups excluding tert-OH is 1. The van der Waals surface area contributed by atoms with Crippen LogP contribution in [-0.2, 0) is 11.3 Å². The zero-order chi connectivity index (χ0) is 19.2. The Bertz CT molecular complexity index is 985. The van der Waals surface area contributed by atoms with Crippen molar-refractivity contribution in [2.75, 3.05) is 20.3 Å². The Morgan fingerprint density at radius 3 is 2.63 bits per heavy atom. The Labute approximate surface area is 156 Å². The Balaban J connectivity index is 1.87. The maximum atomic E-state index is 12.8. The number of fused-ring (bicyclic) bond motifs is 1. The zero-order valence-electron chi connectivity index (χ0n) is 15.0. The molecular weight excluding hydrogens is 346 g/mol. The average Bonchev–Trinajstić information content (AvgIpc) is 2.71. The number of aromatic nitrogens is 2. The van der Waals surface area contributed by atoms with Crippen molar-refractivity contribution < 1.29 is 14.6 Å². The summed E-state index contributed by atoms with van der Waals surface area (Å²) in [5.74, 6) is -0.528. The highest BCUT2D eigenvalue weighted by molar-refractivity contribution is 5.93. The number of carbonyl (C=O) groups excluding carboxylic acids is 1. The molecule has 0 aliphatic heterocycles. The first kappa shape index (κ1) is 18.8. The standard InChI is InChI=1S/C20H21N3O4/c1-27-12-11-23-18(22-16-10-6-5-9-15(16)20(23)26)19(25)21-13-17(24)14-7-3-2-4-8-14/h2-10,17,24H,11-13H2,1H3,(H,21,25). The summed E-state index contributed by atoms with van der Waals surface area (Å²) in [6.45, 7) is 0.486. The number of amides is 1. The smallest absolute Gasteiger partial charge is 0.287 e. The van der Waals surface area contributed by atoms with Gasteiger partial charge in [0.25, 0.3) is 11.5 Å². The van der Waals surface area contributed by atoms with E-state index in [1.807, 2.05) is 18.2 Å². The molecule has 0 fully saturated rings. The molecule has 0 saturated heterocycles. The van der Waals surface area contributed by atoms with Crippen molar-refractivity contribution in [2.45, 2.75) is 12.6 Å². The Morgan fingerprint density at radius 2 is 1.89 bits per heavy atom. The molecule has 2 aromatic carbocycles. The summed E-state index contributed by atoms with van der Waals surface area (Å²) in [5, 5.41) is 13.3. The van der Waals surface area contributed by atoms with E-state index in [1.165, 1.54) is 11.7 Å². The monoisotopic (exact) mass is 367 g/mol. The van der Waals surface area contributed by atoms with Crippen molar-refractivity contribution in [1.29, 1.82) is 0 Å². The number of rotatable bonds is 7. The van der Waals surface area contributed by atoms with Crippen LogP contribution in [0, 0.1) is 0 Å². The number of nitrogens with zero attached hydrogens (tertiary/aromatic N) is 2. The van der Waals surface area contributed by atoms with Gasteiger partial charge >= 0.3 is 0 Å². The first-order valence-corrected chi connectivity index (χ1v) is 8.61.